The molecule has 4 rings (SSSR count). The van der Waals surface area contributed by atoms with Crippen LogP contribution in [0.4, 0.5) is 0 Å². The molecule has 148 valence electrons. The van der Waals surface area contributed by atoms with Crippen molar-refractivity contribution < 1.29 is 4.74 Å². The Kier molecular flexibility index (Phi) is 4.58. The Morgan fingerprint density at radius 1 is 0.828 bits per heavy atom. The highest BCUT2D eigenvalue weighted by Crippen LogP contribution is 2.36. The molecule has 0 amide bonds. The molecule has 0 saturated carbocycles. The van der Waals surface area contributed by atoms with Gasteiger partial charge in [-0.25, -0.2) is 0 Å². The Bertz CT molecular complexity index is 1240. The van der Waals surface area contributed by atoms with E-state index in [1.54, 1.807) is 4.57 Å². The highest BCUT2D eigenvalue weighted by atomic mass is 32.1. The zero-order valence-electron chi connectivity index (χ0n) is 17.3. The average Bonchev–Trinajstić information content (AvgIpc) is 2.63. The molecule has 5 heteroatoms. The van der Waals surface area contributed by atoms with Crippen LogP contribution in [0.5, 0.6) is 5.88 Å². The first-order valence-corrected chi connectivity index (χ1v) is 10.0. The third kappa shape index (κ3) is 3.36. The molecule has 0 unspecified atom stereocenters. The highest BCUT2D eigenvalue weighted by molar-refractivity contribution is 7.71. The van der Waals surface area contributed by atoms with Gasteiger partial charge in [0.05, 0.1) is 11.4 Å². The second kappa shape index (κ2) is 6.85. The quantitative estimate of drug-likeness (QED) is 0.526. The van der Waals surface area contributed by atoms with E-state index < -0.39 is 5.60 Å². The lowest BCUT2D eigenvalue weighted by atomic mass is 9.98. The first-order valence-electron chi connectivity index (χ1n) is 9.63. The van der Waals surface area contributed by atoms with Gasteiger partial charge >= 0.3 is 0 Å². The first-order chi connectivity index (χ1) is 13.7. The molecule has 1 aliphatic heterocycles. The molecule has 3 aromatic rings. The summed E-state index contributed by atoms with van der Waals surface area (Å²) in [6.45, 7) is 9.97. The Balaban J connectivity index is 2.13. The molecule has 0 saturated heterocycles. The number of aromatic nitrogens is 2. The second-order valence-corrected chi connectivity index (χ2v) is 8.51. The number of hydrogen-bond donors (Lipinski definition) is 0. The number of allylic oxidation sites excluding steroid dienone is 1. The minimum absolute atomic E-state index is 0.165. The lowest BCUT2D eigenvalue weighted by Crippen LogP contribution is -2.36. The van der Waals surface area contributed by atoms with Crippen molar-refractivity contribution in [1.82, 2.24) is 9.13 Å². The van der Waals surface area contributed by atoms with E-state index in [0.717, 1.165) is 28.1 Å². The van der Waals surface area contributed by atoms with Gasteiger partial charge in [-0.15, -0.1) is 0 Å². The van der Waals surface area contributed by atoms with Crippen molar-refractivity contribution in [1.29, 1.82) is 0 Å². The average molecular weight is 405 g/mol. The molecule has 0 fully saturated rings. The van der Waals surface area contributed by atoms with Crippen molar-refractivity contribution in [2.24, 2.45) is 0 Å². The SMILES string of the molecule is CC1=CC(C)(C)Oc2c1c(=O)n(-c1ccc(C)cc1)c(=S)n2-c1ccc(C)cc1. The van der Waals surface area contributed by atoms with Crippen LogP contribution in [0, 0.1) is 18.6 Å². The van der Waals surface area contributed by atoms with Crippen LogP contribution in [0.2, 0.25) is 0 Å². The van der Waals surface area contributed by atoms with Gasteiger partial charge in [-0.3, -0.25) is 13.9 Å². The van der Waals surface area contributed by atoms with Crippen LogP contribution in [0.3, 0.4) is 0 Å². The predicted octanol–water partition coefficient (Wildman–Crippen LogP) is 5.55. The van der Waals surface area contributed by atoms with Crippen molar-refractivity contribution in [2.75, 3.05) is 0 Å². The van der Waals surface area contributed by atoms with Crippen LogP contribution in [0.1, 0.15) is 37.5 Å². The van der Waals surface area contributed by atoms with Crippen LogP contribution >= 0.6 is 12.2 Å². The van der Waals surface area contributed by atoms with Gasteiger partial charge in [0.2, 0.25) is 5.88 Å². The largest absolute Gasteiger partial charge is 0.468 e. The van der Waals surface area contributed by atoms with E-state index in [9.17, 15) is 4.79 Å². The molecule has 2 heterocycles. The van der Waals surface area contributed by atoms with Crippen molar-refractivity contribution in [3.05, 3.63) is 86.4 Å². The maximum absolute atomic E-state index is 13.5. The standard InChI is InChI=1S/C24H24N2O2S/c1-15-6-10-18(11-7-15)25-21(27)20-17(3)14-24(4,5)28-22(20)26(23(25)29)19-12-8-16(2)9-13-19/h6-14H,1-5H3. The fourth-order valence-corrected chi connectivity index (χ4v) is 4.11. The molecule has 29 heavy (non-hydrogen) atoms. The smallest absolute Gasteiger partial charge is 0.270 e. The summed E-state index contributed by atoms with van der Waals surface area (Å²) in [6.07, 6.45) is 1.98. The maximum Gasteiger partial charge on any atom is 0.270 e. The summed E-state index contributed by atoms with van der Waals surface area (Å²) in [6, 6.07) is 15.9. The third-order valence-corrected chi connectivity index (χ3v) is 5.48. The molecule has 0 radical (unpaired) electrons. The summed E-state index contributed by atoms with van der Waals surface area (Å²) in [7, 11) is 0. The van der Waals surface area contributed by atoms with Crippen molar-refractivity contribution in [2.45, 2.75) is 40.2 Å². The Labute approximate surface area is 175 Å². The molecule has 0 atom stereocenters. The van der Waals surface area contributed by atoms with Crippen LogP contribution in [0.15, 0.2) is 59.4 Å². The minimum Gasteiger partial charge on any atom is -0.468 e. The normalized spacial score (nSPS) is 14.7. The number of hydrogen-bond acceptors (Lipinski definition) is 3. The fourth-order valence-electron chi connectivity index (χ4n) is 3.74. The fraction of sp³-hybridized carbons (Fsp3) is 0.250. The van der Waals surface area contributed by atoms with Gasteiger partial charge < -0.3 is 4.74 Å². The monoisotopic (exact) mass is 404 g/mol. The van der Waals surface area contributed by atoms with Gasteiger partial charge in [0.15, 0.2) is 4.77 Å². The van der Waals surface area contributed by atoms with E-state index in [4.69, 9.17) is 17.0 Å². The highest BCUT2D eigenvalue weighted by Gasteiger charge is 2.31. The van der Waals surface area contributed by atoms with Crippen LogP contribution in [0.25, 0.3) is 16.9 Å². The zero-order chi connectivity index (χ0) is 20.9. The van der Waals surface area contributed by atoms with Crippen LogP contribution < -0.4 is 10.3 Å². The molecule has 0 spiro atoms. The van der Waals surface area contributed by atoms with E-state index in [2.05, 4.69) is 0 Å². The van der Waals surface area contributed by atoms with Gasteiger partial charge in [-0.1, -0.05) is 35.4 Å². The summed E-state index contributed by atoms with van der Waals surface area (Å²) in [5, 5.41) is 0. The third-order valence-electron chi connectivity index (χ3n) is 5.12. The summed E-state index contributed by atoms with van der Waals surface area (Å²) in [5.41, 5.74) is 4.61. The van der Waals surface area contributed by atoms with Gasteiger partial charge in [0.1, 0.15) is 11.2 Å². The second-order valence-electron chi connectivity index (χ2n) is 8.14. The van der Waals surface area contributed by atoms with E-state index in [-0.39, 0.29) is 5.56 Å². The van der Waals surface area contributed by atoms with E-state index in [1.165, 1.54) is 0 Å². The molecular weight excluding hydrogens is 380 g/mol. The Morgan fingerprint density at radius 2 is 1.31 bits per heavy atom. The van der Waals surface area contributed by atoms with Crippen molar-refractivity contribution >= 4 is 17.8 Å². The Morgan fingerprint density at radius 3 is 1.83 bits per heavy atom. The van der Waals surface area contributed by atoms with E-state index >= 15 is 0 Å². The molecular formula is C24H24N2O2S. The van der Waals surface area contributed by atoms with Gasteiger partial charge in [0.25, 0.3) is 5.56 Å². The topological polar surface area (TPSA) is 36.2 Å². The predicted molar refractivity (Wildman–Crippen MR) is 120 cm³/mol. The van der Waals surface area contributed by atoms with Crippen LogP contribution in [-0.2, 0) is 0 Å². The van der Waals surface area contributed by atoms with Gasteiger partial charge in [-0.2, -0.15) is 0 Å². The molecule has 1 aliphatic rings. The number of fused-ring (bicyclic) bond motifs is 1. The van der Waals surface area contributed by atoms with Crippen molar-refractivity contribution in [3.8, 4) is 17.3 Å². The maximum atomic E-state index is 13.5. The molecule has 4 nitrogen and oxygen atoms in total. The number of nitrogens with zero attached hydrogens (tertiary/aromatic N) is 2. The van der Waals surface area contributed by atoms with Crippen molar-refractivity contribution in [3.63, 3.8) is 0 Å². The molecule has 0 N–H and O–H groups in total. The summed E-state index contributed by atoms with van der Waals surface area (Å²) >= 11 is 5.83. The number of benzene rings is 2. The van der Waals surface area contributed by atoms with E-state index in [0.29, 0.717) is 16.2 Å². The number of aryl methyl sites for hydroxylation is 2. The molecule has 1 aromatic heterocycles. The van der Waals surface area contributed by atoms with Gasteiger partial charge in [-0.05, 0) is 82.8 Å². The first kappa shape index (κ1) is 19.4. The van der Waals surface area contributed by atoms with E-state index in [1.807, 2.05) is 93.8 Å². The lowest BCUT2D eigenvalue weighted by Gasteiger charge is -2.32. The molecule has 2 aromatic carbocycles. The Hall–Kier alpha value is -2.92. The van der Waals surface area contributed by atoms with Gasteiger partial charge in [0, 0.05) is 0 Å². The summed E-state index contributed by atoms with van der Waals surface area (Å²) < 4.78 is 10.1. The molecule has 0 aliphatic carbocycles. The summed E-state index contributed by atoms with van der Waals surface area (Å²) in [4.78, 5) is 13.5. The van der Waals surface area contributed by atoms with Crippen LogP contribution in [-0.4, -0.2) is 14.7 Å². The zero-order valence-corrected chi connectivity index (χ0v) is 18.1. The lowest BCUT2D eigenvalue weighted by molar-refractivity contribution is 0.144. The molecule has 0 bridgehead atoms. The summed E-state index contributed by atoms with van der Waals surface area (Å²) in [5.74, 6) is 0.497. The minimum atomic E-state index is -0.534. The number of ether oxygens (including phenoxy) is 1. The number of rotatable bonds is 2.